The van der Waals surface area contributed by atoms with E-state index in [9.17, 15) is 9.67 Å². The van der Waals surface area contributed by atoms with E-state index in [1.165, 1.54) is 6.07 Å². The summed E-state index contributed by atoms with van der Waals surface area (Å²) in [4.78, 5) is 1.94. The molecule has 2 aromatic carbocycles. The smallest absolute Gasteiger partial charge is 0.264 e. The first-order valence-corrected chi connectivity index (χ1v) is 10.9. The molecule has 0 aliphatic carbocycles. The number of halogens is 2. The number of nitrogens with zero attached hydrogens (tertiary/aromatic N) is 1. The fourth-order valence-corrected chi connectivity index (χ4v) is 5.20. The predicted octanol–water partition coefficient (Wildman–Crippen LogP) is 5.47. The number of hydrogen-bond donors (Lipinski definition) is 1. The zero-order valence-corrected chi connectivity index (χ0v) is 17.6. The van der Waals surface area contributed by atoms with Crippen molar-refractivity contribution in [1.29, 1.82) is 0 Å². The van der Waals surface area contributed by atoms with E-state index in [0.717, 1.165) is 18.5 Å². The van der Waals surface area contributed by atoms with E-state index in [1.54, 1.807) is 24.3 Å². The van der Waals surface area contributed by atoms with Crippen molar-refractivity contribution in [2.45, 2.75) is 25.6 Å². The standard InChI is InChI=1S/C19H24Cl2NO3P/c1-4-5-12-25-26(24,16-9-7-15(8-10-16)22(2)3)19(23)17-11-6-14(20)13-18(17)21/h6-11,13,19,23H,4-5,12H2,1-3H3. The van der Waals surface area contributed by atoms with Crippen molar-refractivity contribution < 1.29 is 14.2 Å². The van der Waals surface area contributed by atoms with E-state index in [1.807, 2.05) is 38.1 Å². The number of benzene rings is 2. The lowest BCUT2D eigenvalue weighted by atomic mass is 10.2. The molecule has 2 rings (SSSR count). The van der Waals surface area contributed by atoms with Gasteiger partial charge in [-0.25, -0.2) is 0 Å². The van der Waals surface area contributed by atoms with Gasteiger partial charge in [-0.3, -0.25) is 4.57 Å². The normalized spacial score (nSPS) is 14.7. The molecule has 1 N–H and O–H groups in total. The van der Waals surface area contributed by atoms with Crippen LogP contribution in [0.15, 0.2) is 42.5 Å². The Balaban J connectivity index is 2.44. The predicted molar refractivity (Wildman–Crippen MR) is 110 cm³/mol. The summed E-state index contributed by atoms with van der Waals surface area (Å²) in [5.74, 6) is -1.37. The third-order valence-corrected chi connectivity index (χ3v) is 7.14. The summed E-state index contributed by atoms with van der Waals surface area (Å²) >= 11 is 12.1. The Labute approximate surface area is 165 Å². The molecule has 0 aromatic heterocycles. The molecule has 0 radical (unpaired) electrons. The van der Waals surface area contributed by atoms with Gasteiger partial charge in [0, 0.05) is 40.7 Å². The molecule has 0 aliphatic rings. The highest BCUT2D eigenvalue weighted by atomic mass is 35.5. The van der Waals surface area contributed by atoms with E-state index in [2.05, 4.69) is 0 Å². The monoisotopic (exact) mass is 415 g/mol. The Morgan fingerprint density at radius 3 is 2.35 bits per heavy atom. The van der Waals surface area contributed by atoms with Gasteiger partial charge in [-0.15, -0.1) is 0 Å². The molecule has 0 bridgehead atoms. The number of aliphatic hydroxyl groups is 1. The number of anilines is 1. The Morgan fingerprint density at radius 2 is 1.81 bits per heavy atom. The Hall–Kier alpha value is -1.03. The van der Waals surface area contributed by atoms with Crippen molar-refractivity contribution in [2.75, 3.05) is 25.6 Å². The minimum absolute atomic E-state index is 0.259. The van der Waals surface area contributed by atoms with Gasteiger partial charge in [0.05, 0.1) is 6.61 Å². The SMILES string of the molecule is CCCCOP(=O)(c1ccc(N(C)C)cc1)C(O)c1ccc(Cl)cc1Cl. The van der Waals surface area contributed by atoms with Crippen LogP contribution in [0.2, 0.25) is 10.0 Å². The molecule has 2 unspecified atom stereocenters. The van der Waals surface area contributed by atoms with Gasteiger partial charge in [-0.1, -0.05) is 42.6 Å². The fraction of sp³-hybridized carbons (Fsp3) is 0.368. The number of aliphatic hydroxyl groups excluding tert-OH is 1. The van der Waals surface area contributed by atoms with Crippen molar-refractivity contribution in [1.82, 2.24) is 0 Å². The second kappa shape index (κ2) is 9.25. The summed E-state index contributed by atoms with van der Waals surface area (Å²) in [6.07, 6.45) is 1.65. The third kappa shape index (κ3) is 4.82. The summed E-state index contributed by atoms with van der Waals surface area (Å²) in [5.41, 5.74) is 1.31. The maximum Gasteiger partial charge on any atom is 0.264 e. The van der Waals surface area contributed by atoms with Crippen LogP contribution in [0.4, 0.5) is 5.69 Å². The molecule has 0 saturated heterocycles. The van der Waals surface area contributed by atoms with Crippen molar-refractivity contribution in [2.24, 2.45) is 0 Å². The van der Waals surface area contributed by atoms with E-state index in [4.69, 9.17) is 27.7 Å². The Kier molecular flexibility index (Phi) is 7.57. The highest BCUT2D eigenvalue weighted by molar-refractivity contribution is 7.67. The quantitative estimate of drug-likeness (QED) is 0.458. The topological polar surface area (TPSA) is 49.8 Å². The van der Waals surface area contributed by atoms with Crippen LogP contribution < -0.4 is 10.2 Å². The highest BCUT2D eigenvalue weighted by Gasteiger charge is 2.37. The molecular weight excluding hydrogens is 392 g/mol. The Morgan fingerprint density at radius 1 is 1.15 bits per heavy atom. The molecule has 0 fully saturated rings. The number of hydrogen-bond acceptors (Lipinski definition) is 4. The molecule has 0 saturated carbocycles. The molecule has 4 nitrogen and oxygen atoms in total. The van der Waals surface area contributed by atoms with Crippen molar-refractivity contribution >= 4 is 41.6 Å². The van der Waals surface area contributed by atoms with Crippen LogP contribution in [-0.4, -0.2) is 25.8 Å². The van der Waals surface area contributed by atoms with E-state index >= 15 is 0 Å². The van der Waals surface area contributed by atoms with Crippen molar-refractivity contribution in [3.63, 3.8) is 0 Å². The number of rotatable bonds is 8. The van der Waals surface area contributed by atoms with Crippen LogP contribution in [0.25, 0.3) is 0 Å². The van der Waals surface area contributed by atoms with Gasteiger partial charge in [-0.05, 0) is 42.8 Å². The molecule has 0 heterocycles. The summed E-state index contributed by atoms with van der Waals surface area (Å²) < 4.78 is 19.5. The van der Waals surface area contributed by atoms with Crippen LogP contribution in [0.5, 0.6) is 0 Å². The zero-order chi connectivity index (χ0) is 19.3. The van der Waals surface area contributed by atoms with E-state index < -0.39 is 13.2 Å². The molecule has 0 amide bonds. The third-order valence-electron chi connectivity index (χ3n) is 4.07. The van der Waals surface area contributed by atoms with Gasteiger partial charge < -0.3 is 14.5 Å². The molecular formula is C19H24Cl2NO3P. The van der Waals surface area contributed by atoms with Gasteiger partial charge in [0.1, 0.15) is 0 Å². The average Bonchev–Trinajstić information content (AvgIpc) is 2.61. The highest BCUT2D eigenvalue weighted by Crippen LogP contribution is 2.58. The zero-order valence-electron chi connectivity index (χ0n) is 15.2. The molecule has 0 spiro atoms. The molecule has 142 valence electrons. The van der Waals surface area contributed by atoms with E-state index in [0.29, 0.717) is 22.5 Å². The van der Waals surface area contributed by atoms with Crippen LogP contribution in [0.1, 0.15) is 31.2 Å². The van der Waals surface area contributed by atoms with Gasteiger partial charge in [0.15, 0.2) is 5.85 Å². The van der Waals surface area contributed by atoms with Crippen LogP contribution in [0.3, 0.4) is 0 Å². The van der Waals surface area contributed by atoms with Gasteiger partial charge >= 0.3 is 0 Å². The Bertz CT molecular complexity index is 781. The summed E-state index contributed by atoms with van der Waals surface area (Å²) in [5, 5.41) is 12.1. The average molecular weight is 416 g/mol. The molecule has 26 heavy (non-hydrogen) atoms. The molecule has 2 atom stereocenters. The lowest BCUT2D eigenvalue weighted by molar-refractivity contribution is 0.213. The molecule has 0 aliphatic heterocycles. The minimum Gasteiger partial charge on any atom is -0.378 e. The summed E-state index contributed by atoms with van der Waals surface area (Å²) in [7, 11) is 0.254. The summed E-state index contributed by atoms with van der Waals surface area (Å²) in [6, 6.07) is 11.9. The largest absolute Gasteiger partial charge is 0.378 e. The van der Waals surface area contributed by atoms with Gasteiger partial charge in [0.25, 0.3) is 7.37 Å². The van der Waals surface area contributed by atoms with Crippen LogP contribution in [-0.2, 0) is 9.09 Å². The maximum atomic E-state index is 13.7. The lowest BCUT2D eigenvalue weighted by Gasteiger charge is -2.25. The van der Waals surface area contributed by atoms with Crippen LogP contribution >= 0.6 is 30.6 Å². The first-order chi connectivity index (χ1) is 12.3. The minimum atomic E-state index is -3.60. The van der Waals surface area contributed by atoms with Crippen LogP contribution in [0, 0.1) is 0 Å². The first kappa shape index (κ1) is 21.3. The first-order valence-electron chi connectivity index (χ1n) is 8.45. The van der Waals surface area contributed by atoms with Crippen molar-refractivity contribution in [3.05, 3.63) is 58.1 Å². The second-order valence-corrected chi connectivity index (χ2v) is 9.54. The number of unbranched alkanes of at least 4 members (excludes halogenated alkanes) is 1. The lowest BCUT2D eigenvalue weighted by Crippen LogP contribution is -2.16. The van der Waals surface area contributed by atoms with Crippen molar-refractivity contribution in [3.8, 4) is 0 Å². The molecule has 2 aromatic rings. The van der Waals surface area contributed by atoms with Gasteiger partial charge in [-0.2, -0.15) is 0 Å². The fourth-order valence-electron chi connectivity index (χ4n) is 2.48. The second-order valence-electron chi connectivity index (χ2n) is 6.23. The van der Waals surface area contributed by atoms with E-state index in [-0.39, 0.29) is 5.02 Å². The molecule has 7 heteroatoms. The maximum absolute atomic E-state index is 13.7. The summed E-state index contributed by atoms with van der Waals surface area (Å²) in [6.45, 7) is 2.32. The van der Waals surface area contributed by atoms with Gasteiger partial charge in [0.2, 0.25) is 0 Å².